The van der Waals surface area contributed by atoms with Gasteiger partial charge in [-0.25, -0.2) is 9.97 Å². The van der Waals surface area contributed by atoms with Crippen LogP contribution in [0.25, 0.3) is 0 Å². The summed E-state index contributed by atoms with van der Waals surface area (Å²) in [6, 6.07) is 2.57. The van der Waals surface area contributed by atoms with Gasteiger partial charge in [0.25, 0.3) is 0 Å². The third kappa shape index (κ3) is 3.23. The number of aryl methyl sites for hydroxylation is 1. The zero-order valence-electron chi connectivity index (χ0n) is 13.0. The van der Waals surface area contributed by atoms with E-state index in [1.54, 1.807) is 6.92 Å². The van der Waals surface area contributed by atoms with Crippen LogP contribution in [-0.4, -0.2) is 57.9 Å². The summed E-state index contributed by atoms with van der Waals surface area (Å²) in [5, 5.41) is 0. The van der Waals surface area contributed by atoms with Gasteiger partial charge in [0.05, 0.1) is 0 Å². The Morgan fingerprint density at radius 2 is 2.00 bits per heavy atom. The highest BCUT2D eigenvalue weighted by Crippen LogP contribution is 2.29. The Morgan fingerprint density at radius 3 is 2.67 bits per heavy atom. The lowest BCUT2D eigenvalue weighted by Gasteiger charge is -2.36. The van der Waals surface area contributed by atoms with E-state index in [0.29, 0.717) is 12.0 Å². The highest BCUT2D eigenvalue weighted by molar-refractivity contribution is 5.73. The summed E-state index contributed by atoms with van der Waals surface area (Å²) in [5.41, 5.74) is 1.05. The van der Waals surface area contributed by atoms with E-state index in [2.05, 4.69) is 14.9 Å². The van der Waals surface area contributed by atoms with Crippen molar-refractivity contribution >= 4 is 5.91 Å². The Bertz CT molecular complexity index is 511. The van der Waals surface area contributed by atoms with Crippen LogP contribution in [0.2, 0.25) is 0 Å². The fraction of sp³-hybridized carbons (Fsp3) is 0.688. The van der Waals surface area contributed by atoms with Crippen molar-refractivity contribution in [2.24, 2.45) is 0 Å². The predicted molar refractivity (Wildman–Crippen MR) is 81.0 cm³/mol. The van der Waals surface area contributed by atoms with E-state index >= 15 is 0 Å². The Balaban J connectivity index is 1.57. The molecule has 2 saturated heterocycles. The van der Waals surface area contributed by atoms with Gasteiger partial charge in [0.2, 0.25) is 5.91 Å². The average Bonchev–Trinajstić information content (AvgIpc) is 2.97. The zero-order valence-corrected chi connectivity index (χ0v) is 13.0. The number of hydrogen-bond donors (Lipinski definition) is 0. The summed E-state index contributed by atoms with van der Waals surface area (Å²) in [4.78, 5) is 25.0. The molecular weight excluding hydrogens is 264 g/mol. The largest absolute Gasteiger partial charge is 0.343 e. The van der Waals surface area contributed by atoms with Gasteiger partial charge in [-0.3, -0.25) is 9.69 Å². The van der Waals surface area contributed by atoms with Crippen molar-refractivity contribution in [3.63, 3.8) is 0 Å². The molecular formula is C16H24N4O. The smallest absolute Gasteiger partial charge is 0.219 e. The number of likely N-dealkylation sites (tertiary alicyclic amines) is 2. The Kier molecular flexibility index (Phi) is 4.19. The molecule has 114 valence electrons. The van der Waals surface area contributed by atoms with Crippen molar-refractivity contribution < 1.29 is 4.79 Å². The normalized spacial score (nSPS) is 24.5. The molecule has 21 heavy (non-hydrogen) atoms. The molecule has 3 heterocycles. The molecule has 5 nitrogen and oxygen atoms in total. The Hall–Kier alpha value is -1.49. The number of rotatable bonds is 2. The molecule has 1 aromatic heterocycles. The van der Waals surface area contributed by atoms with E-state index in [1.165, 1.54) is 0 Å². The standard InChI is InChI=1S/C16H24N4O/c1-12-3-7-17-16(18-12)14-4-8-20(11-14)15-5-9-19(10-6-15)13(2)21/h3,7,14-15H,4-6,8-11H2,1-2H3. The number of nitrogens with zero attached hydrogens (tertiary/aromatic N) is 4. The SMILES string of the molecule is CC(=O)N1CCC(N2CCC(c3nccc(C)n3)C2)CC1. The molecule has 2 aliphatic heterocycles. The molecule has 2 fully saturated rings. The molecule has 3 rings (SSSR count). The zero-order chi connectivity index (χ0) is 14.8. The molecule has 0 N–H and O–H groups in total. The number of hydrogen-bond acceptors (Lipinski definition) is 4. The summed E-state index contributed by atoms with van der Waals surface area (Å²) < 4.78 is 0. The van der Waals surface area contributed by atoms with E-state index in [1.807, 2.05) is 24.1 Å². The van der Waals surface area contributed by atoms with Crippen LogP contribution in [0, 0.1) is 6.92 Å². The molecule has 5 heteroatoms. The minimum absolute atomic E-state index is 0.209. The van der Waals surface area contributed by atoms with Crippen molar-refractivity contribution in [2.45, 2.75) is 45.1 Å². The van der Waals surface area contributed by atoms with E-state index in [9.17, 15) is 4.79 Å². The van der Waals surface area contributed by atoms with Crippen LogP contribution >= 0.6 is 0 Å². The fourth-order valence-corrected chi connectivity index (χ4v) is 3.54. The summed E-state index contributed by atoms with van der Waals surface area (Å²) in [7, 11) is 0. The number of aromatic nitrogens is 2. The molecule has 0 bridgehead atoms. The third-order valence-electron chi connectivity index (χ3n) is 4.82. The van der Waals surface area contributed by atoms with E-state index < -0.39 is 0 Å². The van der Waals surface area contributed by atoms with E-state index in [4.69, 9.17) is 0 Å². The molecule has 0 spiro atoms. The second-order valence-electron chi connectivity index (χ2n) is 6.27. The topological polar surface area (TPSA) is 49.3 Å². The van der Waals surface area contributed by atoms with Crippen LogP contribution in [0.4, 0.5) is 0 Å². The van der Waals surface area contributed by atoms with Crippen molar-refractivity contribution in [2.75, 3.05) is 26.2 Å². The van der Waals surface area contributed by atoms with Gasteiger partial charge in [-0.1, -0.05) is 0 Å². The first-order chi connectivity index (χ1) is 10.1. The summed E-state index contributed by atoms with van der Waals surface area (Å²) in [6.07, 6.45) is 5.21. The van der Waals surface area contributed by atoms with Crippen LogP contribution in [0.1, 0.15) is 43.6 Å². The van der Waals surface area contributed by atoms with Gasteiger partial charge in [-0.05, 0) is 38.8 Å². The van der Waals surface area contributed by atoms with Gasteiger partial charge in [-0.2, -0.15) is 0 Å². The van der Waals surface area contributed by atoms with Crippen molar-refractivity contribution in [1.82, 2.24) is 19.8 Å². The van der Waals surface area contributed by atoms with Crippen molar-refractivity contribution in [3.8, 4) is 0 Å². The lowest BCUT2D eigenvalue weighted by Crippen LogP contribution is -2.45. The molecule has 0 saturated carbocycles. The second kappa shape index (κ2) is 6.10. The summed E-state index contributed by atoms with van der Waals surface area (Å²) in [6.45, 7) is 7.70. The van der Waals surface area contributed by atoms with Gasteiger partial charge in [0.1, 0.15) is 5.82 Å². The molecule has 0 radical (unpaired) electrons. The van der Waals surface area contributed by atoms with Gasteiger partial charge >= 0.3 is 0 Å². The quantitative estimate of drug-likeness (QED) is 0.829. The van der Waals surface area contributed by atoms with Crippen molar-refractivity contribution in [3.05, 3.63) is 23.8 Å². The van der Waals surface area contributed by atoms with Gasteiger partial charge in [0, 0.05) is 50.4 Å². The second-order valence-corrected chi connectivity index (χ2v) is 6.27. The van der Waals surface area contributed by atoms with Crippen molar-refractivity contribution in [1.29, 1.82) is 0 Å². The highest BCUT2D eigenvalue weighted by Gasteiger charge is 2.32. The molecule has 0 aromatic carbocycles. The highest BCUT2D eigenvalue weighted by atomic mass is 16.2. The van der Waals surface area contributed by atoms with Crippen LogP contribution < -0.4 is 0 Å². The lowest BCUT2D eigenvalue weighted by atomic mass is 10.0. The molecule has 1 unspecified atom stereocenters. The van der Waals surface area contributed by atoms with E-state index in [-0.39, 0.29) is 5.91 Å². The van der Waals surface area contributed by atoms with Gasteiger partial charge in [0.15, 0.2) is 0 Å². The number of carbonyl (C=O) groups is 1. The maximum Gasteiger partial charge on any atom is 0.219 e. The van der Waals surface area contributed by atoms with Gasteiger partial charge in [-0.15, -0.1) is 0 Å². The Morgan fingerprint density at radius 1 is 1.24 bits per heavy atom. The average molecular weight is 288 g/mol. The first-order valence-corrected chi connectivity index (χ1v) is 7.92. The summed E-state index contributed by atoms with van der Waals surface area (Å²) in [5.74, 6) is 1.68. The van der Waals surface area contributed by atoms with Crippen LogP contribution in [0.15, 0.2) is 12.3 Å². The maximum absolute atomic E-state index is 11.4. The number of piperidine rings is 1. The predicted octanol–water partition coefficient (Wildman–Crippen LogP) is 1.59. The number of carbonyl (C=O) groups excluding carboxylic acids is 1. The third-order valence-corrected chi connectivity index (χ3v) is 4.82. The van der Waals surface area contributed by atoms with E-state index in [0.717, 1.165) is 57.0 Å². The first kappa shape index (κ1) is 14.4. The van der Waals surface area contributed by atoms with Crippen LogP contribution in [0.5, 0.6) is 0 Å². The molecule has 1 atom stereocenters. The van der Waals surface area contributed by atoms with Crippen LogP contribution in [0.3, 0.4) is 0 Å². The maximum atomic E-state index is 11.4. The fourth-order valence-electron chi connectivity index (χ4n) is 3.54. The lowest BCUT2D eigenvalue weighted by molar-refractivity contribution is -0.130. The van der Waals surface area contributed by atoms with Gasteiger partial charge < -0.3 is 4.90 Å². The summed E-state index contributed by atoms with van der Waals surface area (Å²) >= 11 is 0. The minimum atomic E-state index is 0.209. The minimum Gasteiger partial charge on any atom is -0.343 e. The molecule has 2 aliphatic rings. The molecule has 1 aromatic rings. The molecule has 0 aliphatic carbocycles. The number of amides is 1. The van der Waals surface area contributed by atoms with Crippen LogP contribution in [-0.2, 0) is 4.79 Å². The monoisotopic (exact) mass is 288 g/mol. The molecule has 1 amide bonds. The Labute approximate surface area is 126 Å². The first-order valence-electron chi connectivity index (χ1n) is 7.92.